The molecule has 0 saturated heterocycles. The largest absolute Gasteiger partial charge is 0.449 e. The van der Waals surface area contributed by atoms with E-state index >= 15 is 0 Å². The van der Waals surface area contributed by atoms with Gasteiger partial charge in [-0.25, -0.2) is 4.79 Å². The molecule has 1 atom stereocenters. The lowest BCUT2D eigenvalue weighted by Crippen LogP contribution is -2.40. The van der Waals surface area contributed by atoms with Gasteiger partial charge in [0.15, 0.2) is 6.10 Å². The third-order valence-electron chi connectivity index (χ3n) is 3.94. The summed E-state index contributed by atoms with van der Waals surface area (Å²) in [6.45, 7) is 1.64. The topological polar surface area (TPSA) is 114 Å². The molecule has 148 valence electrons. The maximum absolute atomic E-state index is 12.7. The van der Waals surface area contributed by atoms with Crippen molar-refractivity contribution >= 4 is 29.3 Å². The van der Waals surface area contributed by atoms with E-state index in [2.05, 4.69) is 0 Å². The molecule has 0 bridgehead atoms. The molecule has 0 fully saturated rings. The molecule has 2 rings (SSSR count). The molecule has 0 unspecified atom stereocenters. The summed E-state index contributed by atoms with van der Waals surface area (Å²) in [5.74, 6) is -1.17. The lowest BCUT2D eigenvalue weighted by Gasteiger charge is -2.24. The number of nitrogens with zero attached hydrogens (tertiary/aromatic N) is 3. The van der Waals surface area contributed by atoms with Gasteiger partial charge < -0.3 is 9.64 Å². The molecule has 0 radical (unpaired) electrons. The Labute approximate surface area is 167 Å². The number of non-ortho nitro benzene ring substituents is 1. The van der Waals surface area contributed by atoms with E-state index in [9.17, 15) is 19.7 Å². The Balaban J connectivity index is 2.01. The van der Waals surface area contributed by atoms with E-state index in [1.54, 1.807) is 24.3 Å². The minimum absolute atomic E-state index is 0.0534. The van der Waals surface area contributed by atoms with Crippen LogP contribution in [0.25, 0.3) is 6.08 Å². The van der Waals surface area contributed by atoms with E-state index in [-0.39, 0.29) is 18.7 Å². The normalized spacial score (nSPS) is 11.4. The zero-order valence-electron chi connectivity index (χ0n) is 15.7. The molecule has 0 heterocycles. The van der Waals surface area contributed by atoms with Gasteiger partial charge in [0.05, 0.1) is 17.4 Å². The minimum Gasteiger partial charge on any atom is -0.449 e. The summed E-state index contributed by atoms with van der Waals surface area (Å²) < 4.78 is 5.17. The Kier molecular flexibility index (Phi) is 7.62. The number of benzene rings is 2. The second-order valence-electron chi connectivity index (χ2n) is 5.99. The second kappa shape index (κ2) is 10.4. The SMILES string of the molecule is C[C@@H](OC(=O)/C=C/c1ccc([N+](=O)[O-])cc1)C(=O)N(CCC#N)c1ccccc1. The van der Waals surface area contributed by atoms with Gasteiger partial charge in [-0.3, -0.25) is 14.9 Å². The van der Waals surface area contributed by atoms with Crippen molar-refractivity contribution in [2.75, 3.05) is 11.4 Å². The summed E-state index contributed by atoms with van der Waals surface area (Å²) in [7, 11) is 0. The molecule has 8 heteroatoms. The first-order valence-electron chi connectivity index (χ1n) is 8.79. The number of nitro groups is 1. The van der Waals surface area contributed by atoms with Crippen molar-refractivity contribution in [3.05, 3.63) is 76.4 Å². The molecule has 29 heavy (non-hydrogen) atoms. The molecular weight excluding hydrogens is 374 g/mol. The van der Waals surface area contributed by atoms with E-state index < -0.39 is 22.9 Å². The highest BCUT2D eigenvalue weighted by molar-refractivity contribution is 5.98. The average Bonchev–Trinajstić information content (AvgIpc) is 2.73. The summed E-state index contributed by atoms with van der Waals surface area (Å²) in [6, 6.07) is 16.5. The molecule has 0 N–H and O–H groups in total. The van der Waals surface area contributed by atoms with Gasteiger partial charge in [-0.05, 0) is 42.8 Å². The van der Waals surface area contributed by atoms with E-state index in [1.165, 1.54) is 42.2 Å². The van der Waals surface area contributed by atoms with Gasteiger partial charge in [-0.15, -0.1) is 0 Å². The Morgan fingerprint density at radius 3 is 2.45 bits per heavy atom. The van der Waals surface area contributed by atoms with Crippen molar-refractivity contribution < 1.29 is 19.2 Å². The number of amides is 1. The van der Waals surface area contributed by atoms with Crippen molar-refractivity contribution in [1.82, 2.24) is 0 Å². The highest BCUT2D eigenvalue weighted by Gasteiger charge is 2.24. The third kappa shape index (κ3) is 6.29. The zero-order valence-corrected chi connectivity index (χ0v) is 15.7. The lowest BCUT2D eigenvalue weighted by atomic mass is 10.2. The monoisotopic (exact) mass is 393 g/mol. The van der Waals surface area contributed by atoms with Crippen LogP contribution in [0.4, 0.5) is 11.4 Å². The van der Waals surface area contributed by atoms with Crippen molar-refractivity contribution in [2.24, 2.45) is 0 Å². The van der Waals surface area contributed by atoms with Gasteiger partial charge in [0.25, 0.3) is 11.6 Å². The number of para-hydroxylation sites is 1. The molecule has 0 aliphatic rings. The van der Waals surface area contributed by atoms with Gasteiger partial charge in [0.2, 0.25) is 0 Å². The number of carbonyl (C=O) groups excluding carboxylic acids is 2. The number of nitro benzene ring substituents is 1. The van der Waals surface area contributed by atoms with Crippen LogP contribution < -0.4 is 4.90 Å². The van der Waals surface area contributed by atoms with Gasteiger partial charge in [-0.2, -0.15) is 5.26 Å². The molecule has 0 spiro atoms. The number of nitriles is 1. The number of hydrogen-bond donors (Lipinski definition) is 0. The van der Waals surface area contributed by atoms with Crippen molar-refractivity contribution in [1.29, 1.82) is 5.26 Å². The van der Waals surface area contributed by atoms with Gasteiger partial charge in [0.1, 0.15) is 0 Å². The van der Waals surface area contributed by atoms with Crippen molar-refractivity contribution in [2.45, 2.75) is 19.4 Å². The number of anilines is 1. The van der Waals surface area contributed by atoms with Crippen LogP contribution in [0, 0.1) is 21.4 Å². The highest BCUT2D eigenvalue weighted by atomic mass is 16.6. The number of hydrogen-bond acceptors (Lipinski definition) is 6. The summed E-state index contributed by atoms with van der Waals surface area (Å²) in [6.07, 6.45) is 1.67. The van der Waals surface area contributed by atoms with E-state index in [4.69, 9.17) is 10.00 Å². The maximum Gasteiger partial charge on any atom is 0.331 e. The quantitative estimate of drug-likeness (QED) is 0.294. The molecule has 0 aliphatic heterocycles. The van der Waals surface area contributed by atoms with Crippen LogP contribution in [0.2, 0.25) is 0 Å². The second-order valence-corrected chi connectivity index (χ2v) is 5.99. The first kappa shape index (κ1) is 21.3. The molecule has 0 saturated carbocycles. The predicted molar refractivity (Wildman–Crippen MR) is 107 cm³/mol. The minimum atomic E-state index is -1.05. The number of carbonyl (C=O) groups is 2. The Morgan fingerprint density at radius 1 is 1.21 bits per heavy atom. The zero-order chi connectivity index (χ0) is 21.2. The predicted octanol–water partition coefficient (Wildman–Crippen LogP) is 3.49. The third-order valence-corrected chi connectivity index (χ3v) is 3.94. The standard InChI is InChI=1S/C21H19N3O5/c1-16(21(26)23(15-5-14-22)18-6-3-2-4-7-18)29-20(25)13-10-17-8-11-19(12-9-17)24(27)28/h2-4,6-13,16H,5,15H2,1H3/b13-10+/t16-/m1/s1. The van der Waals surface area contributed by atoms with Gasteiger partial charge >= 0.3 is 5.97 Å². The summed E-state index contributed by atoms with van der Waals surface area (Å²) in [5.41, 5.74) is 1.13. The van der Waals surface area contributed by atoms with Crippen LogP contribution in [0.3, 0.4) is 0 Å². The molecule has 8 nitrogen and oxygen atoms in total. The van der Waals surface area contributed by atoms with Crippen molar-refractivity contribution in [3.63, 3.8) is 0 Å². The first-order valence-corrected chi connectivity index (χ1v) is 8.79. The molecule has 2 aromatic rings. The molecular formula is C21H19N3O5. The summed E-state index contributed by atoms with van der Waals surface area (Å²) in [5, 5.41) is 19.5. The first-order chi connectivity index (χ1) is 13.9. The number of ether oxygens (including phenoxy) is 1. The lowest BCUT2D eigenvalue weighted by molar-refractivity contribution is -0.384. The van der Waals surface area contributed by atoms with Gasteiger partial charge in [-0.1, -0.05) is 18.2 Å². The number of rotatable bonds is 8. The molecule has 0 aliphatic carbocycles. The Morgan fingerprint density at radius 2 is 1.86 bits per heavy atom. The molecule has 0 aromatic heterocycles. The van der Waals surface area contributed by atoms with Crippen LogP contribution in [-0.2, 0) is 14.3 Å². The maximum atomic E-state index is 12.7. The summed E-state index contributed by atoms with van der Waals surface area (Å²) >= 11 is 0. The van der Waals surface area contributed by atoms with Crippen LogP contribution in [0.1, 0.15) is 18.9 Å². The van der Waals surface area contributed by atoms with E-state index in [1.807, 2.05) is 12.1 Å². The van der Waals surface area contributed by atoms with Gasteiger partial charge in [0, 0.05) is 30.4 Å². The number of esters is 1. The molecule has 2 aromatic carbocycles. The van der Waals surface area contributed by atoms with E-state index in [0.29, 0.717) is 11.3 Å². The highest BCUT2D eigenvalue weighted by Crippen LogP contribution is 2.16. The fraction of sp³-hybridized carbons (Fsp3) is 0.190. The van der Waals surface area contributed by atoms with Crippen LogP contribution in [0.15, 0.2) is 60.7 Å². The Hall–Kier alpha value is -3.99. The van der Waals surface area contributed by atoms with Crippen LogP contribution in [-0.4, -0.2) is 29.4 Å². The van der Waals surface area contributed by atoms with Crippen molar-refractivity contribution in [3.8, 4) is 6.07 Å². The van der Waals surface area contributed by atoms with Crippen LogP contribution in [0.5, 0.6) is 0 Å². The Bertz CT molecular complexity index is 933. The molecule has 1 amide bonds. The van der Waals surface area contributed by atoms with Crippen LogP contribution >= 0.6 is 0 Å². The average molecular weight is 393 g/mol. The smallest absolute Gasteiger partial charge is 0.331 e. The fourth-order valence-corrected chi connectivity index (χ4v) is 2.49. The summed E-state index contributed by atoms with van der Waals surface area (Å²) in [4.78, 5) is 36.3. The fourth-order valence-electron chi connectivity index (χ4n) is 2.49. The van der Waals surface area contributed by atoms with E-state index in [0.717, 1.165) is 6.08 Å².